The van der Waals surface area contributed by atoms with Crippen LogP contribution in [0.25, 0.3) is 0 Å². The number of nitrogens with zero attached hydrogens (tertiary/aromatic N) is 1. The Kier molecular flexibility index (Phi) is 6.24. The molecule has 0 aromatic heterocycles. The van der Waals surface area contributed by atoms with Crippen molar-refractivity contribution in [2.24, 2.45) is 5.92 Å². The first kappa shape index (κ1) is 17.1. The van der Waals surface area contributed by atoms with Gasteiger partial charge in [0.1, 0.15) is 6.10 Å². The number of carbonyl (C=O) groups is 1. The van der Waals surface area contributed by atoms with Crippen LogP contribution < -0.4 is 0 Å². The van der Waals surface area contributed by atoms with E-state index in [4.69, 9.17) is 4.74 Å². The Morgan fingerprint density at radius 3 is 1.70 bits per heavy atom. The monoisotopic (exact) mass is 321 g/mol. The minimum atomic E-state index is 0.00296. The summed E-state index contributed by atoms with van der Waals surface area (Å²) < 4.78 is 5.99. The largest absolute Gasteiger partial charge is 0.446 e. The molecular weight excluding hydrogens is 286 g/mol. The van der Waals surface area contributed by atoms with Gasteiger partial charge in [-0.05, 0) is 51.4 Å². The lowest BCUT2D eigenvalue weighted by atomic mass is 9.89. The van der Waals surface area contributed by atoms with Gasteiger partial charge >= 0.3 is 6.09 Å². The molecule has 3 saturated carbocycles. The van der Waals surface area contributed by atoms with E-state index in [0.29, 0.717) is 18.0 Å². The number of carbonyl (C=O) groups excluding carboxylic acids is 1. The molecule has 1 unspecified atom stereocenters. The lowest BCUT2D eigenvalue weighted by molar-refractivity contribution is 0.0103. The Morgan fingerprint density at radius 1 is 0.783 bits per heavy atom. The van der Waals surface area contributed by atoms with Gasteiger partial charge in [-0.2, -0.15) is 0 Å². The van der Waals surface area contributed by atoms with E-state index >= 15 is 0 Å². The summed E-state index contributed by atoms with van der Waals surface area (Å²) >= 11 is 0. The van der Waals surface area contributed by atoms with E-state index in [2.05, 4.69) is 11.8 Å². The van der Waals surface area contributed by atoms with Crippen LogP contribution in [0.4, 0.5) is 4.79 Å². The molecule has 23 heavy (non-hydrogen) atoms. The molecule has 0 N–H and O–H groups in total. The van der Waals surface area contributed by atoms with Gasteiger partial charge in [0.25, 0.3) is 0 Å². The molecule has 3 heteroatoms. The average Bonchev–Trinajstić information content (AvgIpc) is 3.12. The van der Waals surface area contributed by atoms with E-state index in [1.807, 2.05) is 0 Å². The lowest BCUT2D eigenvalue weighted by Gasteiger charge is -2.41. The summed E-state index contributed by atoms with van der Waals surface area (Å²) in [5, 5.41) is 0. The zero-order chi connectivity index (χ0) is 16.1. The Balaban J connectivity index is 1.64. The second kappa shape index (κ2) is 8.39. The maximum absolute atomic E-state index is 13.0. The molecule has 1 amide bonds. The van der Waals surface area contributed by atoms with Gasteiger partial charge in [-0.1, -0.05) is 51.4 Å². The fourth-order valence-electron chi connectivity index (χ4n) is 5.06. The molecule has 3 rings (SSSR count). The van der Waals surface area contributed by atoms with E-state index in [1.54, 1.807) is 0 Å². The van der Waals surface area contributed by atoms with Crippen LogP contribution in [-0.4, -0.2) is 29.2 Å². The molecule has 3 fully saturated rings. The molecular formula is C20H35NO2. The van der Waals surface area contributed by atoms with Gasteiger partial charge in [0.05, 0.1) is 0 Å². The third-order valence-corrected chi connectivity index (χ3v) is 6.50. The average molecular weight is 322 g/mol. The summed E-state index contributed by atoms with van der Waals surface area (Å²) in [5.74, 6) is 0.596. The standard InChI is InChI=1S/C20H35NO2/c1-16(17-10-8-9-11-17)23-20(22)21(18-12-4-2-5-13-18)19-14-6-3-7-15-19/h16-19H,2-15H2,1H3. The maximum Gasteiger partial charge on any atom is 0.410 e. The molecule has 0 aliphatic heterocycles. The third-order valence-electron chi connectivity index (χ3n) is 6.50. The number of hydrogen-bond acceptors (Lipinski definition) is 2. The van der Waals surface area contributed by atoms with Crippen molar-refractivity contribution in [3.8, 4) is 0 Å². The van der Waals surface area contributed by atoms with E-state index in [-0.39, 0.29) is 12.2 Å². The highest BCUT2D eigenvalue weighted by atomic mass is 16.6. The van der Waals surface area contributed by atoms with Crippen molar-refractivity contribution in [2.45, 2.75) is 115 Å². The summed E-state index contributed by atoms with van der Waals surface area (Å²) in [4.78, 5) is 15.2. The minimum Gasteiger partial charge on any atom is -0.446 e. The van der Waals surface area contributed by atoms with Gasteiger partial charge in [0.15, 0.2) is 0 Å². The minimum absolute atomic E-state index is 0.00296. The van der Waals surface area contributed by atoms with E-state index in [0.717, 1.165) is 0 Å². The molecule has 0 saturated heterocycles. The molecule has 0 aromatic carbocycles. The summed E-state index contributed by atoms with van der Waals surface area (Å²) in [6.45, 7) is 2.12. The van der Waals surface area contributed by atoms with Crippen LogP contribution >= 0.6 is 0 Å². The third kappa shape index (κ3) is 4.42. The number of ether oxygens (including phenoxy) is 1. The van der Waals surface area contributed by atoms with Gasteiger partial charge in [0.2, 0.25) is 0 Å². The molecule has 0 aromatic rings. The van der Waals surface area contributed by atoms with Crippen LogP contribution in [0.5, 0.6) is 0 Å². The highest BCUT2D eigenvalue weighted by Gasteiger charge is 2.35. The summed E-state index contributed by atoms with van der Waals surface area (Å²) in [6.07, 6.45) is 17.7. The summed E-state index contributed by atoms with van der Waals surface area (Å²) in [7, 11) is 0. The molecule has 0 radical (unpaired) electrons. The van der Waals surface area contributed by atoms with Crippen molar-refractivity contribution >= 4 is 6.09 Å². The number of amides is 1. The Morgan fingerprint density at radius 2 is 1.22 bits per heavy atom. The number of hydrogen-bond donors (Lipinski definition) is 0. The van der Waals surface area contributed by atoms with E-state index in [9.17, 15) is 4.79 Å². The quantitative estimate of drug-likeness (QED) is 0.667. The highest BCUT2D eigenvalue weighted by molar-refractivity contribution is 5.68. The van der Waals surface area contributed by atoms with Crippen molar-refractivity contribution in [2.75, 3.05) is 0 Å². The molecule has 0 spiro atoms. The predicted molar refractivity (Wildman–Crippen MR) is 93.5 cm³/mol. The zero-order valence-electron chi connectivity index (χ0n) is 15.0. The second-order valence-electron chi connectivity index (χ2n) is 8.12. The van der Waals surface area contributed by atoms with E-state index < -0.39 is 0 Å². The Labute approximate surface area is 142 Å². The molecule has 3 aliphatic carbocycles. The highest BCUT2D eigenvalue weighted by Crippen LogP contribution is 2.33. The maximum atomic E-state index is 13.0. The second-order valence-corrected chi connectivity index (χ2v) is 8.12. The fourth-order valence-corrected chi connectivity index (χ4v) is 5.06. The van der Waals surface area contributed by atoms with Crippen LogP contribution in [0.1, 0.15) is 96.8 Å². The van der Waals surface area contributed by atoms with Crippen molar-refractivity contribution < 1.29 is 9.53 Å². The SMILES string of the molecule is CC(OC(=O)N(C1CCCCC1)C1CCCCC1)C1CCCC1. The van der Waals surface area contributed by atoms with Gasteiger partial charge in [-0.25, -0.2) is 4.79 Å². The molecule has 0 heterocycles. The predicted octanol–water partition coefficient (Wildman–Crippen LogP) is 5.67. The van der Waals surface area contributed by atoms with Crippen LogP contribution in [0.2, 0.25) is 0 Å². The topological polar surface area (TPSA) is 29.5 Å². The van der Waals surface area contributed by atoms with Crippen LogP contribution in [-0.2, 0) is 4.74 Å². The normalized spacial score (nSPS) is 26.1. The first-order chi connectivity index (χ1) is 11.3. The molecule has 3 aliphatic rings. The summed E-state index contributed by atoms with van der Waals surface area (Å²) in [6, 6.07) is 0.880. The zero-order valence-corrected chi connectivity index (χ0v) is 15.0. The first-order valence-corrected chi connectivity index (χ1v) is 10.2. The van der Waals surface area contributed by atoms with Crippen molar-refractivity contribution in [1.29, 1.82) is 0 Å². The molecule has 1 atom stereocenters. The van der Waals surface area contributed by atoms with Crippen molar-refractivity contribution in [3.63, 3.8) is 0 Å². The smallest absolute Gasteiger partial charge is 0.410 e. The van der Waals surface area contributed by atoms with E-state index in [1.165, 1.54) is 89.9 Å². The summed E-state index contributed by atoms with van der Waals surface area (Å²) in [5.41, 5.74) is 0. The van der Waals surface area contributed by atoms with Crippen molar-refractivity contribution in [1.82, 2.24) is 4.90 Å². The Hall–Kier alpha value is -0.730. The fraction of sp³-hybridized carbons (Fsp3) is 0.950. The first-order valence-electron chi connectivity index (χ1n) is 10.2. The van der Waals surface area contributed by atoms with Crippen LogP contribution in [0, 0.1) is 5.92 Å². The van der Waals surface area contributed by atoms with Gasteiger partial charge in [-0.15, -0.1) is 0 Å². The van der Waals surface area contributed by atoms with Crippen LogP contribution in [0.15, 0.2) is 0 Å². The van der Waals surface area contributed by atoms with Gasteiger partial charge in [0, 0.05) is 12.1 Å². The Bertz CT molecular complexity index is 348. The molecule has 132 valence electrons. The van der Waals surface area contributed by atoms with Crippen LogP contribution in [0.3, 0.4) is 0 Å². The van der Waals surface area contributed by atoms with Crippen molar-refractivity contribution in [3.05, 3.63) is 0 Å². The van der Waals surface area contributed by atoms with Gasteiger partial charge in [-0.3, -0.25) is 0 Å². The van der Waals surface area contributed by atoms with Gasteiger partial charge < -0.3 is 9.64 Å². The lowest BCUT2D eigenvalue weighted by Crippen LogP contribution is -2.50. The molecule has 3 nitrogen and oxygen atoms in total. The molecule has 0 bridgehead atoms. The number of rotatable bonds is 4.